The van der Waals surface area contributed by atoms with Crippen molar-refractivity contribution in [1.29, 1.82) is 0 Å². The Labute approximate surface area is 181 Å². The van der Waals surface area contributed by atoms with E-state index in [0.717, 1.165) is 60.8 Å². The van der Waals surface area contributed by atoms with Crippen LogP contribution in [0.1, 0.15) is 38.3 Å². The number of carbonyl (C=O) groups excluding carboxylic acids is 2. The van der Waals surface area contributed by atoms with Crippen LogP contribution >= 0.6 is 11.3 Å². The maximum atomic E-state index is 12.8. The van der Waals surface area contributed by atoms with Gasteiger partial charge in [0.15, 0.2) is 0 Å². The van der Waals surface area contributed by atoms with Crippen LogP contribution in [0.15, 0.2) is 29.6 Å². The van der Waals surface area contributed by atoms with Crippen LogP contribution in [0.5, 0.6) is 5.75 Å². The minimum atomic E-state index is 0.0769. The molecule has 4 rings (SSSR count). The van der Waals surface area contributed by atoms with Crippen molar-refractivity contribution in [1.82, 2.24) is 14.8 Å². The van der Waals surface area contributed by atoms with Crippen molar-refractivity contribution in [2.24, 2.45) is 5.92 Å². The molecule has 1 aromatic carbocycles. The molecule has 2 fully saturated rings. The molecule has 30 heavy (non-hydrogen) atoms. The molecule has 3 heterocycles. The van der Waals surface area contributed by atoms with Crippen molar-refractivity contribution >= 4 is 23.2 Å². The second kappa shape index (κ2) is 9.60. The second-order valence-electron chi connectivity index (χ2n) is 7.94. The number of thiazole rings is 1. The lowest BCUT2D eigenvalue weighted by Gasteiger charge is -2.33. The maximum Gasteiger partial charge on any atom is 0.228 e. The topological polar surface area (TPSA) is 62.7 Å². The van der Waals surface area contributed by atoms with Crippen LogP contribution < -0.4 is 4.74 Å². The molecule has 2 aliphatic rings. The number of hydrogen-bond donors (Lipinski definition) is 0. The fourth-order valence-corrected chi connectivity index (χ4v) is 5.12. The molecule has 0 unspecified atom stereocenters. The van der Waals surface area contributed by atoms with E-state index < -0.39 is 0 Å². The maximum absolute atomic E-state index is 12.8. The van der Waals surface area contributed by atoms with E-state index in [4.69, 9.17) is 4.74 Å². The number of likely N-dealkylation sites (tertiary alicyclic amines) is 2. The number of nitrogens with zero attached hydrogens (tertiary/aromatic N) is 3. The van der Waals surface area contributed by atoms with Gasteiger partial charge in [0.25, 0.3) is 0 Å². The summed E-state index contributed by atoms with van der Waals surface area (Å²) in [6.45, 7) is 5.68. The van der Waals surface area contributed by atoms with Crippen LogP contribution in [0.2, 0.25) is 0 Å². The highest BCUT2D eigenvalue weighted by atomic mass is 32.1. The van der Waals surface area contributed by atoms with Crippen molar-refractivity contribution < 1.29 is 14.3 Å². The average Bonchev–Trinajstić information content (AvgIpc) is 3.46. The molecule has 0 N–H and O–H groups in total. The van der Waals surface area contributed by atoms with Crippen molar-refractivity contribution in [2.75, 3.05) is 32.8 Å². The van der Waals surface area contributed by atoms with Crippen LogP contribution in [0.4, 0.5) is 0 Å². The molecule has 2 amide bonds. The number of para-hydroxylation sites is 1. The van der Waals surface area contributed by atoms with Gasteiger partial charge in [-0.05, 0) is 44.7 Å². The first kappa shape index (κ1) is 20.8. The zero-order valence-corrected chi connectivity index (χ0v) is 18.3. The third-order valence-electron chi connectivity index (χ3n) is 5.92. The molecule has 0 spiro atoms. The summed E-state index contributed by atoms with van der Waals surface area (Å²) in [6, 6.07) is 7.86. The minimum absolute atomic E-state index is 0.0769. The smallest absolute Gasteiger partial charge is 0.228 e. The molecule has 2 aliphatic heterocycles. The number of hydrogen-bond acceptors (Lipinski definition) is 5. The highest BCUT2D eigenvalue weighted by Crippen LogP contribution is 2.32. The number of amides is 2. The summed E-state index contributed by atoms with van der Waals surface area (Å²) in [4.78, 5) is 33.9. The molecule has 2 aromatic rings. The highest BCUT2D eigenvalue weighted by molar-refractivity contribution is 7.13. The molecule has 0 atom stereocenters. The fraction of sp³-hybridized carbons (Fsp3) is 0.522. The standard InChI is InChI=1S/C23H29N3O3S/c1-2-29-20-8-4-3-7-19(20)22-24-18(16-30-22)15-21(27)25-13-9-17(10-14-25)23(28)26-11-5-6-12-26/h3-4,7-8,16-17H,2,5-6,9-15H2,1H3. The lowest BCUT2D eigenvalue weighted by atomic mass is 9.95. The van der Waals surface area contributed by atoms with E-state index >= 15 is 0 Å². The summed E-state index contributed by atoms with van der Waals surface area (Å²) < 4.78 is 5.70. The van der Waals surface area contributed by atoms with Crippen LogP contribution in [0.25, 0.3) is 10.6 Å². The molecule has 2 saturated heterocycles. The Bertz CT molecular complexity index is 883. The van der Waals surface area contributed by atoms with E-state index in [9.17, 15) is 9.59 Å². The first-order valence-electron chi connectivity index (χ1n) is 10.9. The molecule has 0 radical (unpaired) electrons. The molecular formula is C23H29N3O3S. The third-order valence-corrected chi connectivity index (χ3v) is 6.84. The zero-order chi connectivity index (χ0) is 20.9. The largest absolute Gasteiger partial charge is 0.493 e. The molecular weight excluding hydrogens is 398 g/mol. The van der Waals surface area contributed by atoms with E-state index in [2.05, 4.69) is 4.98 Å². The summed E-state index contributed by atoms with van der Waals surface area (Å²) >= 11 is 1.54. The molecule has 0 aliphatic carbocycles. The highest BCUT2D eigenvalue weighted by Gasteiger charge is 2.31. The van der Waals surface area contributed by atoms with Crippen LogP contribution in [-0.2, 0) is 16.0 Å². The van der Waals surface area contributed by atoms with E-state index in [1.54, 1.807) is 0 Å². The number of piperidine rings is 1. The Morgan fingerprint density at radius 3 is 2.57 bits per heavy atom. The Morgan fingerprint density at radius 1 is 1.10 bits per heavy atom. The first-order valence-corrected chi connectivity index (χ1v) is 11.8. The Morgan fingerprint density at radius 2 is 1.83 bits per heavy atom. The van der Waals surface area contributed by atoms with Gasteiger partial charge in [0.05, 0.1) is 24.3 Å². The van der Waals surface area contributed by atoms with Crippen LogP contribution in [0.3, 0.4) is 0 Å². The molecule has 160 valence electrons. The number of ether oxygens (including phenoxy) is 1. The first-order chi connectivity index (χ1) is 14.7. The third kappa shape index (κ3) is 4.67. The summed E-state index contributed by atoms with van der Waals surface area (Å²) in [6.07, 6.45) is 4.08. The van der Waals surface area contributed by atoms with Gasteiger partial charge in [-0.1, -0.05) is 12.1 Å². The van der Waals surface area contributed by atoms with Crippen molar-refractivity contribution in [3.05, 3.63) is 35.3 Å². The lowest BCUT2D eigenvalue weighted by Crippen LogP contribution is -2.44. The predicted molar refractivity (Wildman–Crippen MR) is 118 cm³/mol. The van der Waals surface area contributed by atoms with Gasteiger partial charge >= 0.3 is 0 Å². The minimum Gasteiger partial charge on any atom is -0.493 e. The quantitative estimate of drug-likeness (QED) is 0.707. The number of aromatic nitrogens is 1. The van der Waals surface area contributed by atoms with Crippen molar-refractivity contribution in [2.45, 2.75) is 39.0 Å². The summed E-state index contributed by atoms with van der Waals surface area (Å²) in [5.41, 5.74) is 1.76. The van der Waals surface area contributed by atoms with Gasteiger partial charge in [0.2, 0.25) is 11.8 Å². The Kier molecular flexibility index (Phi) is 6.67. The Balaban J connectivity index is 1.33. The van der Waals surface area contributed by atoms with E-state index in [1.165, 1.54) is 11.3 Å². The number of rotatable bonds is 6. The van der Waals surface area contributed by atoms with Crippen LogP contribution in [-0.4, -0.2) is 59.4 Å². The zero-order valence-electron chi connectivity index (χ0n) is 17.5. The van der Waals surface area contributed by atoms with Gasteiger partial charge in [-0.3, -0.25) is 9.59 Å². The molecule has 0 bridgehead atoms. The normalized spacial score (nSPS) is 17.4. The Hall–Kier alpha value is -2.41. The fourth-order valence-electron chi connectivity index (χ4n) is 4.27. The molecule has 6 nitrogen and oxygen atoms in total. The van der Waals surface area contributed by atoms with Gasteiger partial charge in [0, 0.05) is 37.5 Å². The van der Waals surface area contributed by atoms with Gasteiger partial charge in [-0.15, -0.1) is 11.3 Å². The second-order valence-corrected chi connectivity index (χ2v) is 8.80. The SMILES string of the molecule is CCOc1ccccc1-c1nc(CC(=O)N2CCC(C(=O)N3CCCC3)CC2)cs1. The monoisotopic (exact) mass is 427 g/mol. The lowest BCUT2D eigenvalue weighted by molar-refractivity contribution is -0.139. The van der Waals surface area contributed by atoms with Gasteiger partial charge in [-0.2, -0.15) is 0 Å². The van der Waals surface area contributed by atoms with Gasteiger partial charge in [0.1, 0.15) is 10.8 Å². The van der Waals surface area contributed by atoms with E-state index in [-0.39, 0.29) is 17.7 Å². The molecule has 7 heteroatoms. The molecule has 1 aromatic heterocycles. The molecule has 0 saturated carbocycles. The predicted octanol–water partition coefficient (Wildman–Crippen LogP) is 3.61. The summed E-state index contributed by atoms with van der Waals surface area (Å²) in [7, 11) is 0. The van der Waals surface area contributed by atoms with Crippen molar-refractivity contribution in [3.8, 4) is 16.3 Å². The average molecular weight is 428 g/mol. The van der Waals surface area contributed by atoms with Gasteiger partial charge in [-0.25, -0.2) is 4.98 Å². The van der Waals surface area contributed by atoms with E-state index in [1.807, 2.05) is 46.4 Å². The number of benzene rings is 1. The number of carbonyl (C=O) groups is 2. The van der Waals surface area contributed by atoms with Gasteiger partial charge < -0.3 is 14.5 Å². The summed E-state index contributed by atoms with van der Waals surface area (Å²) in [5.74, 6) is 1.28. The van der Waals surface area contributed by atoms with Crippen molar-refractivity contribution in [3.63, 3.8) is 0 Å². The summed E-state index contributed by atoms with van der Waals surface area (Å²) in [5, 5.41) is 2.83. The van der Waals surface area contributed by atoms with E-state index in [0.29, 0.717) is 26.1 Å². The van der Waals surface area contributed by atoms with Crippen LogP contribution in [0, 0.1) is 5.92 Å².